The number of allylic oxidation sites excluding steroid dienone is 2. The zero-order chi connectivity index (χ0) is 16.3. The molecule has 1 heterocycles. The van der Waals surface area contributed by atoms with Crippen LogP contribution in [0, 0.1) is 40.7 Å². The fourth-order valence-corrected chi connectivity index (χ4v) is 4.26. The molecule has 6 nitrogen and oxygen atoms in total. The number of benzene rings is 1. The van der Waals surface area contributed by atoms with E-state index in [9.17, 15) is 19.7 Å². The average Bonchev–Trinajstić information content (AvgIpc) is 2.83. The van der Waals surface area contributed by atoms with Gasteiger partial charge in [0.2, 0.25) is 11.8 Å². The molecule has 6 heteroatoms. The number of non-ortho nitro benzene ring substituents is 1. The van der Waals surface area contributed by atoms with Crippen LogP contribution in [0.15, 0.2) is 30.4 Å². The van der Waals surface area contributed by atoms with Gasteiger partial charge in [0.1, 0.15) is 0 Å². The van der Waals surface area contributed by atoms with Crippen molar-refractivity contribution in [2.45, 2.75) is 19.8 Å². The van der Waals surface area contributed by atoms with Gasteiger partial charge in [0, 0.05) is 12.1 Å². The molecule has 1 aromatic rings. The normalized spacial score (nSPS) is 31.6. The summed E-state index contributed by atoms with van der Waals surface area (Å²) < 4.78 is 0. The smallest absolute Gasteiger partial charge is 0.271 e. The quantitative estimate of drug-likeness (QED) is 0.364. The second kappa shape index (κ2) is 4.75. The summed E-state index contributed by atoms with van der Waals surface area (Å²) >= 11 is 0. The van der Waals surface area contributed by atoms with E-state index in [2.05, 4.69) is 12.2 Å². The highest BCUT2D eigenvalue weighted by atomic mass is 16.6. The Morgan fingerprint density at radius 1 is 1.09 bits per heavy atom. The number of amides is 2. The Hall–Kier alpha value is -2.50. The Morgan fingerprint density at radius 3 is 2.13 bits per heavy atom. The highest BCUT2D eigenvalue weighted by Gasteiger charge is 2.57. The number of hydrogen-bond donors (Lipinski definition) is 0. The summed E-state index contributed by atoms with van der Waals surface area (Å²) in [6.45, 7) is 1.76. The van der Waals surface area contributed by atoms with E-state index in [0.29, 0.717) is 11.3 Å². The van der Waals surface area contributed by atoms with Gasteiger partial charge in [-0.25, -0.2) is 4.90 Å². The first kappa shape index (κ1) is 14.1. The van der Waals surface area contributed by atoms with E-state index in [0.717, 1.165) is 12.8 Å². The topological polar surface area (TPSA) is 80.5 Å². The van der Waals surface area contributed by atoms with Crippen molar-refractivity contribution in [2.75, 3.05) is 4.90 Å². The fraction of sp³-hybridized carbons (Fsp3) is 0.412. The van der Waals surface area contributed by atoms with Crippen molar-refractivity contribution in [2.24, 2.45) is 23.7 Å². The highest BCUT2D eigenvalue weighted by molar-refractivity contribution is 6.23. The Labute approximate surface area is 132 Å². The number of aryl methyl sites for hydroxylation is 1. The minimum atomic E-state index is -0.508. The summed E-state index contributed by atoms with van der Waals surface area (Å²) in [4.78, 5) is 37.4. The van der Waals surface area contributed by atoms with Gasteiger partial charge in [-0.2, -0.15) is 0 Å². The van der Waals surface area contributed by atoms with Crippen molar-refractivity contribution < 1.29 is 14.5 Å². The van der Waals surface area contributed by atoms with Crippen LogP contribution in [0.5, 0.6) is 0 Å². The molecule has 118 valence electrons. The first-order valence-corrected chi connectivity index (χ1v) is 7.80. The molecule has 1 aliphatic heterocycles. The summed E-state index contributed by atoms with van der Waals surface area (Å²) in [5, 5.41) is 11.0. The molecule has 2 bridgehead atoms. The molecule has 4 aliphatic rings. The van der Waals surface area contributed by atoms with Crippen molar-refractivity contribution in [1.29, 1.82) is 0 Å². The van der Waals surface area contributed by atoms with Crippen molar-refractivity contribution in [3.8, 4) is 0 Å². The predicted octanol–water partition coefficient (Wildman–Crippen LogP) is 2.60. The third-order valence-corrected chi connectivity index (χ3v) is 5.40. The van der Waals surface area contributed by atoms with Gasteiger partial charge in [-0.3, -0.25) is 19.7 Å². The van der Waals surface area contributed by atoms with Gasteiger partial charge >= 0.3 is 0 Å². The molecule has 1 saturated carbocycles. The number of anilines is 1. The minimum Gasteiger partial charge on any atom is -0.274 e. The van der Waals surface area contributed by atoms with Crippen LogP contribution >= 0.6 is 0 Å². The number of carbonyl (C=O) groups is 2. The first-order valence-electron chi connectivity index (χ1n) is 7.80. The molecule has 1 saturated heterocycles. The van der Waals surface area contributed by atoms with Gasteiger partial charge in [0.25, 0.3) is 5.69 Å². The SMILES string of the molecule is Cc1ccc([N+](=O)[O-])cc1N1C(=O)[C@@H]2[C@H](C1=O)[C@H]1C=C[C@H]2CC1. The third-order valence-electron chi connectivity index (χ3n) is 5.40. The Morgan fingerprint density at radius 2 is 1.65 bits per heavy atom. The standard InChI is InChI=1S/C17H16N2O4/c1-9-2-7-12(19(22)23)8-13(9)18-16(20)14-10-3-4-11(6-5-10)15(14)17(18)21/h2-4,7-8,10-11,14-15H,5-6H2,1H3/t10-,11-,14-,15+/m0/s1. The van der Waals surface area contributed by atoms with Crippen molar-refractivity contribution in [3.63, 3.8) is 0 Å². The molecule has 0 radical (unpaired) electrons. The van der Waals surface area contributed by atoms with Gasteiger partial charge in [-0.15, -0.1) is 0 Å². The molecule has 4 atom stereocenters. The van der Waals surface area contributed by atoms with Gasteiger partial charge < -0.3 is 0 Å². The molecule has 0 aromatic heterocycles. The molecular formula is C17H16N2O4. The summed E-state index contributed by atoms with van der Waals surface area (Å²) in [5.41, 5.74) is 0.932. The number of nitro groups is 1. The van der Waals surface area contributed by atoms with Crippen LogP contribution in [-0.2, 0) is 9.59 Å². The van der Waals surface area contributed by atoms with Crippen molar-refractivity contribution in [3.05, 3.63) is 46.0 Å². The zero-order valence-corrected chi connectivity index (χ0v) is 12.6. The maximum absolute atomic E-state index is 12.9. The van der Waals surface area contributed by atoms with Gasteiger partial charge in [0.15, 0.2) is 0 Å². The lowest BCUT2D eigenvalue weighted by Gasteiger charge is -2.38. The van der Waals surface area contributed by atoms with Crippen molar-refractivity contribution in [1.82, 2.24) is 0 Å². The molecule has 23 heavy (non-hydrogen) atoms. The van der Waals surface area contributed by atoms with E-state index >= 15 is 0 Å². The second-order valence-corrected chi connectivity index (χ2v) is 6.58. The van der Waals surface area contributed by atoms with Crippen molar-refractivity contribution >= 4 is 23.2 Å². The number of fused-ring (bicyclic) bond motifs is 1. The molecule has 2 amide bonds. The van der Waals surface area contributed by atoms with E-state index in [4.69, 9.17) is 0 Å². The number of rotatable bonds is 2. The van der Waals surface area contributed by atoms with Gasteiger partial charge in [-0.05, 0) is 37.2 Å². The monoisotopic (exact) mass is 312 g/mol. The van der Waals surface area contributed by atoms with E-state index in [-0.39, 0.29) is 41.2 Å². The fourth-order valence-electron chi connectivity index (χ4n) is 4.26. The zero-order valence-electron chi connectivity index (χ0n) is 12.6. The Balaban J connectivity index is 1.79. The summed E-state index contributed by atoms with van der Waals surface area (Å²) in [6, 6.07) is 4.31. The maximum Gasteiger partial charge on any atom is 0.271 e. The van der Waals surface area contributed by atoms with Crippen LogP contribution in [0.1, 0.15) is 18.4 Å². The lowest BCUT2D eigenvalue weighted by Crippen LogP contribution is -2.38. The van der Waals surface area contributed by atoms with Crippen LogP contribution in [-0.4, -0.2) is 16.7 Å². The van der Waals surface area contributed by atoms with Crippen LogP contribution in [0.3, 0.4) is 0 Å². The molecular weight excluding hydrogens is 296 g/mol. The van der Waals surface area contributed by atoms with E-state index in [1.54, 1.807) is 13.0 Å². The van der Waals surface area contributed by atoms with E-state index in [1.165, 1.54) is 17.0 Å². The first-order chi connectivity index (χ1) is 11.0. The number of carbonyl (C=O) groups excluding carboxylic acids is 2. The second-order valence-electron chi connectivity index (χ2n) is 6.58. The molecule has 5 rings (SSSR count). The van der Waals surface area contributed by atoms with Gasteiger partial charge in [0.05, 0.1) is 22.4 Å². The van der Waals surface area contributed by atoms with Gasteiger partial charge in [-0.1, -0.05) is 18.2 Å². The highest BCUT2D eigenvalue weighted by Crippen LogP contribution is 2.50. The Bertz CT molecular complexity index is 738. The number of nitrogens with zero attached hydrogens (tertiary/aromatic N) is 2. The minimum absolute atomic E-state index is 0.109. The number of hydrogen-bond acceptors (Lipinski definition) is 4. The third kappa shape index (κ3) is 1.87. The lowest BCUT2D eigenvalue weighted by molar-refractivity contribution is -0.384. The van der Waals surface area contributed by atoms with Crippen LogP contribution < -0.4 is 4.90 Å². The molecule has 0 spiro atoms. The van der Waals surface area contributed by atoms with Crippen LogP contribution in [0.2, 0.25) is 0 Å². The maximum atomic E-state index is 12.9. The number of imide groups is 1. The van der Waals surface area contributed by atoms with E-state index in [1.807, 2.05) is 0 Å². The molecule has 0 unspecified atom stereocenters. The summed E-state index contributed by atoms with van der Waals surface area (Å²) in [7, 11) is 0. The van der Waals surface area contributed by atoms with Crippen LogP contribution in [0.4, 0.5) is 11.4 Å². The lowest BCUT2D eigenvalue weighted by atomic mass is 9.63. The Kier molecular flexibility index (Phi) is 2.91. The van der Waals surface area contributed by atoms with Crippen LogP contribution in [0.25, 0.3) is 0 Å². The average molecular weight is 312 g/mol. The van der Waals surface area contributed by atoms with E-state index < -0.39 is 4.92 Å². The molecule has 3 aliphatic carbocycles. The molecule has 1 aromatic carbocycles. The molecule has 2 fully saturated rings. The largest absolute Gasteiger partial charge is 0.274 e. The number of nitro benzene ring substituents is 1. The summed E-state index contributed by atoms with van der Waals surface area (Å²) in [5.74, 6) is -0.781. The summed E-state index contributed by atoms with van der Waals surface area (Å²) in [6.07, 6.45) is 5.99. The molecule has 0 N–H and O–H groups in total. The predicted molar refractivity (Wildman–Crippen MR) is 82.7 cm³/mol.